The minimum atomic E-state index is 0.885. The topological polar surface area (TPSA) is 30.9 Å². The van der Waals surface area contributed by atoms with E-state index in [1.54, 1.807) is 0 Å². The molecule has 1 aromatic carbocycles. The van der Waals surface area contributed by atoms with Gasteiger partial charge >= 0.3 is 0 Å². The lowest BCUT2D eigenvalue weighted by Crippen LogP contribution is -1.96. The number of aryl methyl sites for hydroxylation is 1. The molecule has 0 saturated heterocycles. The van der Waals surface area contributed by atoms with E-state index in [2.05, 4.69) is 29.8 Å². The molecule has 0 aliphatic rings. The van der Waals surface area contributed by atoms with Crippen LogP contribution in [-0.4, -0.2) is 4.57 Å². The number of hydrogen-bond acceptors (Lipinski definition) is 1. The Morgan fingerprint density at radius 1 is 0.947 bits per heavy atom. The Morgan fingerprint density at radius 3 is 2.47 bits per heavy atom. The van der Waals surface area contributed by atoms with Gasteiger partial charge in [-0.15, -0.1) is 0 Å². The molecule has 1 aromatic heterocycles. The lowest BCUT2D eigenvalue weighted by Gasteiger charge is -2.06. The van der Waals surface area contributed by atoms with Crippen LogP contribution in [0.3, 0.4) is 0 Å². The van der Waals surface area contributed by atoms with Crippen LogP contribution >= 0.6 is 0 Å². The third-order valence-electron chi connectivity index (χ3n) is 3.85. The lowest BCUT2D eigenvalue weighted by molar-refractivity contribution is 0.556. The van der Waals surface area contributed by atoms with Gasteiger partial charge in [-0.05, 0) is 24.6 Å². The number of nitrogens with two attached hydrogens (primary N) is 1. The summed E-state index contributed by atoms with van der Waals surface area (Å²) in [7, 11) is 0. The maximum Gasteiger partial charge on any atom is 0.0501 e. The van der Waals surface area contributed by atoms with Crippen LogP contribution in [-0.2, 0) is 6.54 Å². The number of anilines is 1. The largest absolute Gasteiger partial charge is 0.398 e. The molecule has 2 heteroatoms. The van der Waals surface area contributed by atoms with Crippen LogP contribution in [0.2, 0.25) is 0 Å². The summed E-state index contributed by atoms with van der Waals surface area (Å²) in [6, 6.07) is 8.30. The predicted molar refractivity (Wildman–Crippen MR) is 84.3 cm³/mol. The molecule has 2 N–H and O–H groups in total. The van der Waals surface area contributed by atoms with Gasteiger partial charge in [0.1, 0.15) is 0 Å². The first kappa shape index (κ1) is 14.0. The molecule has 0 amide bonds. The smallest absolute Gasteiger partial charge is 0.0501 e. The Balaban J connectivity index is 1.77. The van der Waals surface area contributed by atoms with Crippen molar-refractivity contribution >= 4 is 16.6 Å². The highest BCUT2D eigenvalue weighted by Gasteiger charge is 2.02. The number of unbranched alkanes of at least 4 members (excludes halogenated alkanes) is 6. The molecule has 0 spiro atoms. The molecule has 0 radical (unpaired) electrons. The minimum absolute atomic E-state index is 0.885. The first-order valence-electron chi connectivity index (χ1n) is 7.66. The number of nitrogen functional groups attached to an aromatic ring is 1. The predicted octanol–water partition coefficient (Wildman–Crippen LogP) is 4.97. The van der Waals surface area contributed by atoms with Crippen molar-refractivity contribution in [2.24, 2.45) is 0 Å². The standard InChI is InChI=1S/C17H26N2/c1-2-3-4-5-6-7-8-13-19-14-12-15-16(18)10-9-11-17(15)19/h9-12,14H,2-8,13,18H2,1H3. The van der Waals surface area contributed by atoms with Gasteiger partial charge in [-0.3, -0.25) is 0 Å². The Labute approximate surface area is 116 Å². The molecule has 0 aliphatic heterocycles. The summed E-state index contributed by atoms with van der Waals surface area (Å²) in [5, 5.41) is 1.19. The van der Waals surface area contributed by atoms with E-state index < -0.39 is 0 Å². The van der Waals surface area contributed by atoms with Crippen molar-refractivity contribution in [2.75, 3.05) is 5.73 Å². The number of benzene rings is 1. The van der Waals surface area contributed by atoms with Crippen molar-refractivity contribution in [1.29, 1.82) is 0 Å². The highest BCUT2D eigenvalue weighted by Crippen LogP contribution is 2.22. The first-order chi connectivity index (χ1) is 9.33. The lowest BCUT2D eigenvalue weighted by atomic mass is 10.1. The van der Waals surface area contributed by atoms with E-state index in [1.807, 2.05) is 12.1 Å². The molecule has 0 fully saturated rings. The number of fused-ring (bicyclic) bond motifs is 1. The van der Waals surface area contributed by atoms with Crippen LogP contribution < -0.4 is 5.73 Å². The summed E-state index contributed by atoms with van der Waals surface area (Å²) in [4.78, 5) is 0. The zero-order valence-electron chi connectivity index (χ0n) is 12.1. The van der Waals surface area contributed by atoms with Gasteiger partial charge in [0.2, 0.25) is 0 Å². The fourth-order valence-corrected chi connectivity index (χ4v) is 2.68. The second-order valence-corrected chi connectivity index (χ2v) is 5.41. The molecule has 0 aliphatic carbocycles. The molecule has 0 atom stereocenters. The summed E-state index contributed by atoms with van der Waals surface area (Å²) in [6.45, 7) is 3.38. The summed E-state index contributed by atoms with van der Waals surface area (Å²) in [6.07, 6.45) is 11.7. The average molecular weight is 258 g/mol. The monoisotopic (exact) mass is 258 g/mol. The number of hydrogen-bond donors (Lipinski definition) is 1. The third kappa shape index (κ3) is 3.76. The van der Waals surface area contributed by atoms with Gasteiger partial charge in [0.15, 0.2) is 0 Å². The highest BCUT2D eigenvalue weighted by molar-refractivity contribution is 5.91. The normalized spacial score (nSPS) is 11.2. The fourth-order valence-electron chi connectivity index (χ4n) is 2.68. The van der Waals surface area contributed by atoms with Crippen molar-refractivity contribution < 1.29 is 0 Å². The number of rotatable bonds is 8. The van der Waals surface area contributed by atoms with Crippen LogP contribution in [0.4, 0.5) is 5.69 Å². The van der Waals surface area contributed by atoms with Crippen LogP contribution in [0.15, 0.2) is 30.5 Å². The van der Waals surface area contributed by atoms with Crippen LogP contribution in [0.5, 0.6) is 0 Å². The van der Waals surface area contributed by atoms with Crippen LogP contribution in [0.1, 0.15) is 51.9 Å². The SMILES string of the molecule is CCCCCCCCCn1ccc2c(N)cccc21. The molecule has 2 aromatic rings. The maximum absolute atomic E-state index is 5.98. The van der Waals surface area contributed by atoms with E-state index in [1.165, 1.54) is 55.8 Å². The molecule has 1 heterocycles. The Kier molecular flexibility index (Phi) is 5.31. The second kappa shape index (κ2) is 7.22. The molecule has 104 valence electrons. The van der Waals surface area contributed by atoms with Gasteiger partial charge in [0, 0.05) is 23.8 Å². The van der Waals surface area contributed by atoms with Crippen molar-refractivity contribution in [1.82, 2.24) is 4.57 Å². The van der Waals surface area contributed by atoms with Crippen molar-refractivity contribution in [3.8, 4) is 0 Å². The Hall–Kier alpha value is -1.44. The number of nitrogens with zero attached hydrogens (tertiary/aromatic N) is 1. The van der Waals surface area contributed by atoms with Gasteiger partial charge in [0.05, 0.1) is 5.52 Å². The van der Waals surface area contributed by atoms with Gasteiger partial charge in [-0.25, -0.2) is 0 Å². The maximum atomic E-state index is 5.98. The zero-order valence-corrected chi connectivity index (χ0v) is 12.1. The van der Waals surface area contributed by atoms with Gasteiger partial charge in [0.25, 0.3) is 0 Å². The highest BCUT2D eigenvalue weighted by atomic mass is 14.9. The zero-order chi connectivity index (χ0) is 13.5. The van der Waals surface area contributed by atoms with E-state index >= 15 is 0 Å². The van der Waals surface area contributed by atoms with E-state index in [9.17, 15) is 0 Å². The van der Waals surface area contributed by atoms with E-state index in [0.717, 1.165) is 12.2 Å². The molecule has 0 unspecified atom stereocenters. The van der Waals surface area contributed by atoms with Crippen molar-refractivity contribution in [3.63, 3.8) is 0 Å². The van der Waals surface area contributed by atoms with Crippen molar-refractivity contribution in [3.05, 3.63) is 30.5 Å². The molecule has 19 heavy (non-hydrogen) atoms. The molecular weight excluding hydrogens is 232 g/mol. The third-order valence-corrected chi connectivity index (χ3v) is 3.85. The Morgan fingerprint density at radius 2 is 1.68 bits per heavy atom. The summed E-state index contributed by atoms with van der Waals surface area (Å²) < 4.78 is 2.33. The summed E-state index contributed by atoms with van der Waals surface area (Å²) >= 11 is 0. The fraction of sp³-hybridized carbons (Fsp3) is 0.529. The number of aromatic nitrogens is 1. The van der Waals surface area contributed by atoms with Gasteiger partial charge in [-0.2, -0.15) is 0 Å². The van der Waals surface area contributed by atoms with Crippen LogP contribution in [0, 0.1) is 0 Å². The molecule has 0 saturated carbocycles. The average Bonchev–Trinajstić information content (AvgIpc) is 2.83. The summed E-state index contributed by atoms with van der Waals surface area (Å²) in [5.74, 6) is 0. The molecule has 2 rings (SSSR count). The minimum Gasteiger partial charge on any atom is -0.398 e. The summed E-state index contributed by atoms with van der Waals surface area (Å²) in [5.41, 5.74) is 8.13. The Bertz CT molecular complexity index is 499. The van der Waals surface area contributed by atoms with E-state index in [0.29, 0.717) is 0 Å². The van der Waals surface area contributed by atoms with E-state index in [4.69, 9.17) is 5.73 Å². The van der Waals surface area contributed by atoms with Crippen LogP contribution in [0.25, 0.3) is 10.9 Å². The second-order valence-electron chi connectivity index (χ2n) is 5.41. The van der Waals surface area contributed by atoms with E-state index in [-0.39, 0.29) is 0 Å². The van der Waals surface area contributed by atoms with Crippen molar-refractivity contribution in [2.45, 2.75) is 58.4 Å². The quantitative estimate of drug-likeness (QED) is 0.525. The molecule has 0 bridgehead atoms. The van der Waals surface area contributed by atoms with Gasteiger partial charge in [-0.1, -0.05) is 51.5 Å². The van der Waals surface area contributed by atoms with Gasteiger partial charge < -0.3 is 10.3 Å². The first-order valence-corrected chi connectivity index (χ1v) is 7.66. The molecular formula is C17H26N2. The molecule has 2 nitrogen and oxygen atoms in total.